The number of hydrogen-bond donors (Lipinski definition) is 1. The Bertz CT molecular complexity index is 520. The van der Waals surface area contributed by atoms with Crippen LogP contribution in [0, 0.1) is 0 Å². The molecule has 2 aliphatic heterocycles. The summed E-state index contributed by atoms with van der Waals surface area (Å²) in [5.41, 5.74) is 0.273. The molecular weight excluding hydrogens is 270 g/mol. The van der Waals surface area contributed by atoms with Crippen LogP contribution in [0.4, 0.5) is 4.79 Å². The third kappa shape index (κ3) is 2.21. The fourth-order valence-electron chi connectivity index (χ4n) is 2.37. The molecule has 7 nitrogen and oxygen atoms in total. The van der Waals surface area contributed by atoms with Gasteiger partial charge in [0.15, 0.2) is 0 Å². The van der Waals surface area contributed by atoms with Crippen molar-refractivity contribution in [3.05, 3.63) is 23.2 Å². The highest BCUT2D eigenvalue weighted by Gasteiger charge is 2.37. The molecule has 3 rings (SSSR count). The maximum atomic E-state index is 12.2. The van der Waals surface area contributed by atoms with Gasteiger partial charge in [0.2, 0.25) is 0 Å². The van der Waals surface area contributed by atoms with E-state index in [1.54, 1.807) is 9.80 Å². The van der Waals surface area contributed by atoms with Crippen LogP contribution in [0.1, 0.15) is 10.5 Å². The number of hydrogen-bond acceptors (Lipinski definition) is 4. The second-order valence-corrected chi connectivity index (χ2v) is 4.90. The van der Waals surface area contributed by atoms with Gasteiger partial charge in [-0.3, -0.25) is 4.79 Å². The fourth-order valence-corrected chi connectivity index (χ4v) is 2.47. The van der Waals surface area contributed by atoms with Crippen LogP contribution in [0.5, 0.6) is 0 Å². The maximum Gasteiger partial charge on any atom is 0.317 e. The van der Waals surface area contributed by atoms with E-state index in [1.165, 1.54) is 12.4 Å². The molecule has 1 N–H and O–H groups in total. The molecule has 0 spiro atoms. The van der Waals surface area contributed by atoms with Crippen molar-refractivity contribution in [2.45, 2.75) is 6.04 Å². The molecule has 100 valence electrons. The highest BCUT2D eigenvalue weighted by molar-refractivity contribution is 6.29. The van der Waals surface area contributed by atoms with Crippen molar-refractivity contribution in [2.75, 3.05) is 26.2 Å². The number of carbonyl (C=O) groups excluding carboxylic acids is 2. The van der Waals surface area contributed by atoms with Crippen molar-refractivity contribution in [3.63, 3.8) is 0 Å². The van der Waals surface area contributed by atoms with Crippen LogP contribution in [0.3, 0.4) is 0 Å². The van der Waals surface area contributed by atoms with E-state index in [-0.39, 0.29) is 28.8 Å². The van der Waals surface area contributed by atoms with E-state index in [9.17, 15) is 9.59 Å². The van der Waals surface area contributed by atoms with Gasteiger partial charge in [-0.1, -0.05) is 11.6 Å². The minimum atomic E-state index is -0.178. The standard InChI is InChI=1S/C11H12ClN5O2/c12-9-5-13-8(4-14-9)10(18)16-1-2-17-7(6-16)3-15-11(17)19/h4-5,7H,1-3,6H2,(H,15,19). The molecule has 1 aromatic heterocycles. The molecule has 2 fully saturated rings. The van der Waals surface area contributed by atoms with Crippen LogP contribution < -0.4 is 5.32 Å². The molecule has 1 aromatic rings. The first kappa shape index (κ1) is 12.2. The number of halogens is 1. The van der Waals surface area contributed by atoms with E-state index in [0.717, 1.165) is 0 Å². The second-order valence-electron chi connectivity index (χ2n) is 4.51. The molecule has 0 saturated carbocycles. The molecule has 3 heterocycles. The Morgan fingerprint density at radius 3 is 2.95 bits per heavy atom. The molecule has 2 aliphatic rings. The van der Waals surface area contributed by atoms with Crippen LogP contribution in [0.15, 0.2) is 12.4 Å². The minimum absolute atomic E-state index is 0.0467. The predicted molar refractivity (Wildman–Crippen MR) is 66.8 cm³/mol. The van der Waals surface area contributed by atoms with Crippen LogP contribution in [0.25, 0.3) is 0 Å². The summed E-state index contributed by atoms with van der Waals surface area (Å²) in [5, 5.41) is 3.03. The smallest absolute Gasteiger partial charge is 0.317 e. The lowest BCUT2D eigenvalue weighted by molar-refractivity contribution is 0.0611. The molecule has 0 aromatic carbocycles. The summed E-state index contributed by atoms with van der Waals surface area (Å²) in [5.74, 6) is -0.178. The third-order valence-corrected chi connectivity index (χ3v) is 3.55. The lowest BCUT2D eigenvalue weighted by atomic mass is 10.2. The summed E-state index contributed by atoms with van der Waals surface area (Å²) < 4.78 is 0. The van der Waals surface area contributed by atoms with Crippen molar-refractivity contribution in [2.24, 2.45) is 0 Å². The molecule has 3 amide bonds. The number of fused-ring (bicyclic) bond motifs is 1. The molecule has 8 heteroatoms. The molecular formula is C11H12ClN5O2. The van der Waals surface area contributed by atoms with E-state index < -0.39 is 0 Å². The maximum absolute atomic E-state index is 12.2. The normalized spacial score (nSPS) is 22.2. The van der Waals surface area contributed by atoms with Gasteiger partial charge in [-0.2, -0.15) is 0 Å². The van der Waals surface area contributed by atoms with Gasteiger partial charge in [-0.05, 0) is 0 Å². The van der Waals surface area contributed by atoms with Gasteiger partial charge < -0.3 is 15.1 Å². The zero-order valence-corrected chi connectivity index (χ0v) is 10.8. The largest absolute Gasteiger partial charge is 0.336 e. The molecule has 0 bridgehead atoms. The SMILES string of the molecule is O=C(c1cnc(Cl)cn1)N1CCN2C(=O)NCC2C1. The molecule has 0 radical (unpaired) electrons. The third-order valence-electron chi connectivity index (χ3n) is 3.36. The van der Waals surface area contributed by atoms with Crippen molar-refractivity contribution < 1.29 is 9.59 Å². The second kappa shape index (κ2) is 4.65. The van der Waals surface area contributed by atoms with Crippen LogP contribution in [0.2, 0.25) is 5.15 Å². The van der Waals surface area contributed by atoms with Crippen molar-refractivity contribution in [1.82, 2.24) is 25.1 Å². The van der Waals surface area contributed by atoms with Crippen molar-refractivity contribution in [3.8, 4) is 0 Å². The van der Waals surface area contributed by atoms with Gasteiger partial charge in [-0.15, -0.1) is 0 Å². The van der Waals surface area contributed by atoms with E-state index in [4.69, 9.17) is 11.6 Å². The lowest BCUT2D eigenvalue weighted by Gasteiger charge is -2.36. The van der Waals surface area contributed by atoms with Crippen molar-refractivity contribution in [1.29, 1.82) is 0 Å². The van der Waals surface area contributed by atoms with Gasteiger partial charge in [0, 0.05) is 26.2 Å². The number of amides is 3. The molecule has 0 aliphatic carbocycles. The summed E-state index contributed by atoms with van der Waals surface area (Å²) in [4.78, 5) is 35.0. The Hall–Kier alpha value is -1.89. The summed E-state index contributed by atoms with van der Waals surface area (Å²) in [7, 11) is 0. The molecule has 2 saturated heterocycles. The number of urea groups is 1. The van der Waals surface area contributed by atoms with Crippen molar-refractivity contribution >= 4 is 23.5 Å². The summed E-state index contributed by atoms with van der Waals surface area (Å²) in [6, 6.07) is -0.00570. The first-order chi connectivity index (χ1) is 9.15. The summed E-state index contributed by atoms with van der Waals surface area (Å²) >= 11 is 5.64. The van der Waals surface area contributed by atoms with Gasteiger partial charge >= 0.3 is 6.03 Å². The fraction of sp³-hybridized carbons (Fsp3) is 0.455. The highest BCUT2D eigenvalue weighted by atomic mass is 35.5. The first-order valence-electron chi connectivity index (χ1n) is 5.96. The zero-order valence-electron chi connectivity index (χ0n) is 10.0. The number of piperazine rings is 1. The van der Waals surface area contributed by atoms with Crippen LogP contribution in [-0.2, 0) is 0 Å². The van der Waals surface area contributed by atoms with Crippen LogP contribution >= 0.6 is 11.6 Å². The van der Waals surface area contributed by atoms with Gasteiger partial charge in [0.25, 0.3) is 5.91 Å². The molecule has 1 atom stereocenters. The Kier molecular flexibility index (Phi) is 2.98. The van der Waals surface area contributed by atoms with Gasteiger partial charge in [0.1, 0.15) is 10.8 Å². The van der Waals surface area contributed by atoms with Gasteiger partial charge in [-0.25, -0.2) is 14.8 Å². The van der Waals surface area contributed by atoms with Gasteiger partial charge in [0.05, 0.1) is 18.4 Å². The average molecular weight is 282 g/mol. The minimum Gasteiger partial charge on any atom is -0.336 e. The number of nitrogens with zero attached hydrogens (tertiary/aromatic N) is 4. The Balaban J connectivity index is 1.72. The number of aromatic nitrogens is 2. The Morgan fingerprint density at radius 2 is 2.21 bits per heavy atom. The Labute approximate surface area is 114 Å². The Morgan fingerprint density at radius 1 is 1.37 bits per heavy atom. The highest BCUT2D eigenvalue weighted by Crippen LogP contribution is 2.16. The number of rotatable bonds is 1. The topological polar surface area (TPSA) is 78.4 Å². The zero-order chi connectivity index (χ0) is 13.4. The van der Waals surface area contributed by atoms with E-state index >= 15 is 0 Å². The predicted octanol–water partition coefficient (Wildman–Crippen LogP) is -0.0204. The van der Waals surface area contributed by atoms with E-state index in [0.29, 0.717) is 26.2 Å². The van der Waals surface area contributed by atoms with E-state index in [2.05, 4.69) is 15.3 Å². The first-order valence-corrected chi connectivity index (χ1v) is 6.34. The quantitative estimate of drug-likeness (QED) is 0.785. The monoisotopic (exact) mass is 281 g/mol. The summed E-state index contributed by atoms with van der Waals surface area (Å²) in [6.07, 6.45) is 2.72. The summed E-state index contributed by atoms with van der Waals surface area (Å²) in [6.45, 7) is 2.15. The lowest BCUT2D eigenvalue weighted by Crippen LogP contribution is -2.53. The number of nitrogens with one attached hydrogen (secondary N) is 1. The molecule has 19 heavy (non-hydrogen) atoms. The van der Waals surface area contributed by atoms with E-state index in [1.807, 2.05) is 0 Å². The average Bonchev–Trinajstić information content (AvgIpc) is 2.80. The van der Waals surface area contributed by atoms with Crippen LogP contribution in [-0.4, -0.2) is 63.9 Å². The number of carbonyl (C=O) groups is 2. The molecule has 1 unspecified atom stereocenters.